The highest BCUT2D eigenvalue weighted by molar-refractivity contribution is 5.79. The summed E-state index contributed by atoms with van der Waals surface area (Å²) in [5.41, 5.74) is 1.10. The van der Waals surface area contributed by atoms with Crippen LogP contribution in [0, 0.1) is 5.92 Å². The lowest BCUT2D eigenvalue weighted by molar-refractivity contribution is -0.138. The van der Waals surface area contributed by atoms with Crippen molar-refractivity contribution in [2.75, 3.05) is 19.6 Å². The predicted molar refractivity (Wildman–Crippen MR) is 99.7 cm³/mol. The number of rotatable bonds is 4. The minimum absolute atomic E-state index is 0.141. The Hall–Kier alpha value is -2.28. The third-order valence-electron chi connectivity index (χ3n) is 6.08. The quantitative estimate of drug-likeness (QED) is 0.825. The highest BCUT2D eigenvalue weighted by Gasteiger charge is 2.35. The molecule has 2 fully saturated rings. The first-order valence-corrected chi connectivity index (χ1v) is 10.1. The molecular formula is C20H26N6O. The average molecular weight is 366 g/mol. The van der Waals surface area contributed by atoms with Crippen molar-refractivity contribution in [2.45, 2.75) is 51.2 Å². The van der Waals surface area contributed by atoms with Gasteiger partial charge in [0.1, 0.15) is 5.82 Å². The Morgan fingerprint density at radius 2 is 1.89 bits per heavy atom. The molecule has 7 heteroatoms. The van der Waals surface area contributed by atoms with E-state index in [9.17, 15) is 4.79 Å². The number of amides is 1. The number of hydrogen-bond donors (Lipinski definition) is 0. The highest BCUT2D eigenvalue weighted by atomic mass is 16.2. The summed E-state index contributed by atoms with van der Waals surface area (Å²) in [6.07, 6.45) is 6.18. The fraction of sp³-hybridized carbons (Fsp3) is 0.600. The van der Waals surface area contributed by atoms with Gasteiger partial charge in [-0.05, 0) is 50.9 Å². The first kappa shape index (κ1) is 16.9. The molecule has 2 aliphatic heterocycles. The molecule has 0 N–H and O–H groups in total. The molecule has 0 atom stereocenters. The maximum Gasteiger partial charge on any atom is 0.226 e. The summed E-state index contributed by atoms with van der Waals surface area (Å²) in [5, 5.41) is 8.74. The Morgan fingerprint density at radius 3 is 2.63 bits per heavy atom. The van der Waals surface area contributed by atoms with Gasteiger partial charge < -0.3 is 9.47 Å². The lowest BCUT2D eigenvalue weighted by Crippen LogP contribution is -2.45. The number of hydrogen-bond acceptors (Lipinski definition) is 5. The van der Waals surface area contributed by atoms with Gasteiger partial charge >= 0.3 is 0 Å². The van der Waals surface area contributed by atoms with Gasteiger partial charge in [0.2, 0.25) is 5.91 Å². The summed E-state index contributed by atoms with van der Waals surface area (Å²) >= 11 is 0. The summed E-state index contributed by atoms with van der Waals surface area (Å²) in [4.78, 5) is 21.8. The molecule has 4 heterocycles. The summed E-state index contributed by atoms with van der Waals surface area (Å²) in [6, 6.07) is 6.04. The van der Waals surface area contributed by atoms with E-state index in [2.05, 4.69) is 30.7 Å². The van der Waals surface area contributed by atoms with E-state index in [1.807, 2.05) is 23.2 Å². The fourth-order valence-corrected chi connectivity index (χ4v) is 4.33. The standard InChI is InChI=1S/C20H26N6O/c27-20(16-6-9-24(10-7-16)13-17-3-1-2-8-21-17)25-11-12-26-18(14-25)22-23-19(26)15-4-5-15/h1-3,8,15-16H,4-7,9-14H2. The van der Waals surface area contributed by atoms with E-state index in [1.54, 1.807) is 0 Å². The molecule has 7 nitrogen and oxygen atoms in total. The normalized spacial score (nSPS) is 21.3. The summed E-state index contributed by atoms with van der Waals surface area (Å²) < 4.78 is 2.25. The second-order valence-corrected chi connectivity index (χ2v) is 8.03. The molecule has 2 aromatic rings. The van der Waals surface area contributed by atoms with Crippen molar-refractivity contribution >= 4 is 5.91 Å². The molecule has 27 heavy (non-hydrogen) atoms. The first-order valence-electron chi connectivity index (χ1n) is 10.1. The molecule has 0 bridgehead atoms. The minimum Gasteiger partial charge on any atom is -0.333 e. The first-order chi connectivity index (χ1) is 13.3. The minimum atomic E-state index is 0.141. The lowest BCUT2D eigenvalue weighted by atomic mass is 9.95. The van der Waals surface area contributed by atoms with Gasteiger partial charge in [0, 0.05) is 37.7 Å². The van der Waals surface area contributed by atoms with E-state index in [0.717, 1.165) is 62.9 Å². The number of fused-ring (bicyclic) bond motifs is 1. The zero-order chi connectivity index (χ0) is 18.2. The van der Waals surface area contributed by atoms with Crippen molar-refractivity contribution in [2.24, 2.45) is 5.92 Å². The van der Waals surface area contributed by atoms with Gasteiger partial charge in [-0.3, -0.25) is 14.7 Å². The summed E-state index contributed by atoms with van der Waals surface area (Å²) in [6.45, 7) is 5.05. The molecule has 1 amide bonds. The van der Waals surface area contributed by atoms with Gasteiger partial charge in [0.25, 0.3) is 0 Å². The van der Waals surface area contributed by atoms with Crippen LogP contribution in [-0.4, -0.2) is 55.1 Å². The van der Waals surface area contributed by atoms with Crippen LogP contribution in [-0.2, 0) is 24.4 Å². The molecule has 142 valence electrons. The van der Waals surface area contributed by atoms with Crippen LogP contribution in [0.4, 0.5) is 0 Å². The van der Waals surface area contributed by atoms with Crippen molar-refractivity contribution in [3.8, 4) is 0 Å². The van der Waals surface area contributed by atoms with Crippen LogP contribution in [0.25, 0.3) is 0 Å². The predicted octanol–water partition coefficient (Wildman–Crippen LogP) is 1.80. The molecular weight excluding hydrogens is 340 g/mol. The zero-order valence-corrected chi connectivity index (χ0v) is 15.6. The maximum absolute atomic E-state index is 13.0. The monoisotopic (exact) mass is 366 g/mol. The Bertz CT molecular complexity index is 807. The molecule has 1 saturated carbocycles. The van der Waals surface area contributed by atoms with Crippen LogP contribution in [0.2, 0.25) is 0 Å². The molecule has 0 spiro atoms. The van der Waals surface area contributed by atoms with Gasteiger partial charge in [-0.1, -0.05) is 6.07 Å². The number of carbonyl (C=O) groups is 1. The number of aromatic nitrogens is 4. The number of carbonyl (C=O) groups excluding carboxylic acids is 1. The third kappa shape index (κ3) is 3.48. The van der Waals surface area contributed by atoms with Crippen molar-refractivity contribution in [1.82, 2.24) is 29.5 Å². The lowest BCUT2D eigenvalue weighted by Gasteiger charge is -2.35. The average Bonchev–Trinajstić information content (AvgIpc) is 3.47. The number of pyridine rings is 1. The Morgan fingerprint density at radius 1 is 1.04 bits per heavy atom. The molecule has 0 radical (unpaired) electrons. The van der Waals surface area contributed by atoms with Crippen LogP contribution in [0.1, 0.15) is 48.9 Å². The number of nitrogens with zero attached hydrogens (tertiary/aromatic N) is 6. The van der Waals surface area contributed by atoms with Gasteiger partial charge in [0.05, 0.1) is 12.2 Å². The van der Waals surface area contributed by atoms with Gasteiger partial charge in [-0.25, -0.2) is 0 Å². The van der Waals surface area contributed by atoms with Gasteiger partial charge in [0.15, 0.2) is 5.82 Å². The number of piperidine rings is 1. The van der Waals surface area contributed by atoms with Crippen LogP contribution in [0.5, 0.6) is 0 Å². The molecule has 1 aliphatic carbocycles. The highest BCUT2D eigenvalue weighted by Crippen LogP contribution is 2.39. The smallest absolute Gasteiger partial charge is 0.226 e. The van der Waals surface area contributed by atoms with E-state index < -0.39 is 0 Å². The topological polar surface area (TPSA) is 67.2 Å². The van der Waals surface area contributed by atoms with Crippen LogP contribution >= 0.6 is 0 Å². The molecule has 5 rings (SSSR count). The van der Waals surface area contributed by atoms with Crippen LogP contribution < -0.4 is 0 Å². The largest absolute Gasteiger partial charge is 0.333 e. The Balaban J connectivity index is 1.16. The summed E-state index contributed by atoms with van der Waals surface area (Å²) in [5.74, 6) is 3.15. The van der Waals surface area contributed by atoms with Crippen LogP contribution in [0.3, 0.4) is 0 Å². The zero-order valence-electron chi connectivity index (χ0n) is 15.6. The van der Waals surface area contributed by atoms with Crippen molar-refractivity contribution in [3.63, 3.8) is 0 Å². The third-order valence-corrected chi connectivity index (χ3v) is 6.08. The fourth-order valence-electron chi connectivity index (χ4n) is 4.33. The molecule has 2 aromatic heterocycles. The SMILES string of the molecule is O=C(C1CCN(Cc2ccccn2)CC1)N1CCn2c(nnc2C2CC2)C1. The maximum atomic E-state index is 13.0. The van der Waals surface area contributed by atoms with E-state index in [-0.39, 0.29) is 5.92 Å². The van der Waals surface area contributed by atoms with Gasteiger partial charge in [-0.15, -0.1) is 10.2 Å². The van der Waals surface area contributed by atoms with E-state index in [1.165, 1.54) is 12.8 Å². The Kier molecular flexibility index (Phi) is 4.39. The summed E-state index contributed by atoms with van der Waals surface area (Å²) in [7, 11) is 0. The Labute approximate surface area is 159 Å². The van der Waals surface area contributed by atoms with E-state index in [0.29, 0.717) is 18.4 Å². The van der Waals surface area contributed by atoms with Crippen molar-refractivity contribution in [3.05, 3.63) is 41.7 Å². The molecule has 0 aromatic carbocycles. The second-order valence-electron chi connectivity index (χ2n) is 8.03. The molecule has 3 aliphatic rings. The second kappa shape index (κ2) is 7.03. The van der Waals surface area contributed by atoms with E-state index >= 15 is 0 Å². The van der Waals surface area contributed by atoms with Crippen LogP contribution in [0.15, 0.2) is 24.4 Å². The molecule has 1 saturated heterocycles. The van der Waals surface area contributed by atoms with Crippen molar-refractivity contribution in [1.29, 1.82) is 0 Å². The van der Waals surface area contributed by atoms with E-state index in [4.69, 9.17) is 0 Å². The number of likely N-dealkylation sites (tertiary alicyclic amines) is 1. The van der Waals surface area contributed by atoms with Crippen molar-refractivity contribution < 1.29 is 4.79 Å². The molecule has 0 unspecified atom stereocenters. The van der Waals surface area contributed by atoms with Gasteiger partial charge in [-0.2, -0.15) is 0 Å².